The van der Waals surface area contributed by atoms with Crippen LogP contribution in [0.4, 0.5) is 10.5 Å². The number of nitrogens with zero attached hydrogens (tertiary/aromatic N) is 1. The van der Waals surface area contributed by atoms with Gasteiger partial charge in [0, 0.05) is 18.7 Å². The Labute approximate surface area is 263 Å². The minimum Gasteiger partial charge on any atom is -0.496 e. The fourth-order valence-corrected chi connectivity index (χ4v) is 6.40. The van der Waals surface area contributed by atoms with Crippen LogP contribution >= 0.6 is 0 Å². The van der Waals surface area contributed by atoms with Crippen molar-refractivity contribution < 1.29 is 42.1 Å². The van der Waals surface area contributed by atoms with Gasteiger partial charge in [0.15, 0.2) is 0 Å². The molecule has 0 saturated heterocycles. The van der Waals surface area contributed by atoms with Crippen LogP contribution < -0.4 is 14.8 Å². The van der Waals surface area contributed by atoms with E-state index >= 15 is 0 Å². The second kappa shape index (κ2) is 12.5. The fourth-order valence-electron chi connectivity index (χ4n) is 4.84. The highest BCUT2D eigenvalue weighted by Gasteiger charge is 2.40. The third-order valence-corrected chi connectivity index (χ3v) is 9.02. The number of hydrogen-bond donors (Lipinski definition) is 2. The molecule has 0 bridgehead atoms. The summed E-state index contributed by atoms with van der Waals surface area (Å²) >= 11 is 0. The number of esters is 1. The maximum absolute atomic E-state index is 13.7. The molecule has 1 aliphatic heterocycles. The molecule has 4 rings (SSSR count). The molecule has 0 radical (unpaired) electrons. The first-order valence-corrected chi connectivity index (χ1v) is 15.7. The van der Waals surface area contributed by atoms with E-state index in [1.807, 2.05) is 20.8 Å². The molecule has 0 spiro atoms. The van der Waals surface area contributed by atoms with E-state index in [2.05, 4.69) is 5.32 Å². The molecule has 3 aromatic rings. The van der Waals surface area contributed by atoms with Gasteiger partial charge in [0.1, 0.15) is 28.7 Å². The van der Waals surface area contributed by atoms with Crippen molar-refractivity contribution >= 4 is 33.7 Å². The Morgan fingerprint density at radius 2 is 1.53 bits per heavy atom. The van der Waals surface area contributed by atoms with Crippen molar-refractivity contribution in [1.29, 1.82) is 0 Å². The molecule has 1 unspecified atom stereocenters. The number of amides is 1. The highest BCUT2D eigenvalue weighted by Crippen LogP contribution is 2.35. The average molecular weight is 639 g/mol. The molecule has 0 aliphatic carbocycles. The van der Waals surface area contributed by atoms with Gasteiger partial charge in [-0.05, 0) is 91.4 Å². The van der Waals surface area contributed by atoms with E-state index in [4.69, 9.17) is 14.2 Å². The van der Waals surface area contributed by atoms with Crippen LogP contribution in [0, 0.1) is 0 Å². The van der Waals surface area contributed by atoms with Crippen LogP contribution in [0.25, 0.3) is 0 Å². The number of carboxylic acid groups (broad SMARTS) is 1. The lowest BCUT2D eigenvalue weighted by Crippen LogP contribution is -2.48. The van der Waals surface area contributed by atoms with E-state index in [1.165, 1.54) is 43.5 Å². The third-order valence-electron chi connectivity index (χ3n) is 7.15. The van der Waals surface area contributed by atoms with Crippen molar-refractivity contribution in [2.45, 2.75) is 76.5 Å². The van der Waals surface area contributed by atoms with E-state index in [9.17, 15) is 27.9 Å². The Hall–Kier alpha value is -4.42. The number of aliphatic carboxylic acids is 1. The molecular formula is C33H38N2O9S. The lowest BCUT2D eigenvalue weighted by molar-refractivity contribution is -0.141. The Kier molecular flexibility index (Phi) is 9.32. The van der Waals surface area contributed by atoms with Crippen LogP contribution in [-0.2, 0) is 37.9 Å². The van der Waals surface area contributed by atoms with Crippen molar-refractivity contribution in [1.82, 2.24) is 4.31 Å². The summed E-state index contributed by atoms with van der Waals surface area (Å²) in [6.07, 6.45) is -0.754. The maximum Gasteiger partial charge on any atom is 0.412 e. The second-order valence-corrected chi connectivity index (χ2v) is 14.6. The summed E-state index contributed by atoms with van der Waals surface area (Å²) in [6.45, 7) is 11.0. The van der Waals surface area contributed by atoms with E-state index in [0.29, 0.717) is 16.8 Å². The predicted octanol–water partition coefficient (Wildman–Crippen LogP) is 5.76. The first-order valence-electron chi connectivity index (χ1n) is 14.3. The molecule has 0 aromatic heterocycles. The van der Waals surface area contributed by atoms with Gasteiger partial charge in [-0.2, -0.15) is 4.31 Å². The predicted molar refractivity (Wildman–Crippen MR) is 167 cm³/mol. The topological polar surface area (TPSA) is 149 Å². The zero-order valence-electron chi connectivity index (χ0n) is 26.3. The standard InChI is InChI=1S/C33H38N2O9S/c1-32(2,3)22-8-14-25(15-9-22)45(40,41)35-19-21-16-26(28(42-7)18-20(21)17-27(35)29(36)37)30(38)43-24-12-10-23(11-13-24)34-31(39)44-33(4,5)6/h8-16,18,27H,17,19H2,1-7H3,(H,34,39)(H,36,37). The summed E-state index contributed by atoms with van der Waals surface area (Å²) in [5.41, 5.74) is 1.53. The van der Waals surface area contributed by atoms with Gasteiger partial charge in [-0.15, -0.1) is 0 Å². The molecular weight excluding hydrogens is 600 g/mol. The average Bonchev–Trinajstić information content (AvgIpc) is 2.95. The zero-order chi connectivity index (χ0) is 33.3. The number of anilines is 1. The minimum atomic E-state index is -4.22. The van der Waals surface area contributed by atoms with Gasteiger partial charge in [0.2, 0.25) is 10.0 Å². The quantitative estimate of drug-likeness (QED) is 0.243. The number of carboxylic acids is 1. The Morgan fingerprint density at radius 3 is 2.07 bits per heavy atom. The first kappa shape index (κ1) is 33.5. The number of methoxy groups -OCH3 is 1. The largest absolute Gasteiger partial charge is 0.496 e. The normalized spacial score (nSPS) is 15.5. The van der Waals surface area contributed by atoms with Gasteiger partial charge >= 0.3 is 18.0 Å². The highest BCUT2D eigenvalue weighted by molar-refractivity contribution is 7.89. The summed E-state index contributed by atoms with van der Waals surface area (Å²) in [5.74, 6) is -1.72. The second-order valence-electron chi connectivity index (χ2n) is 12.7. The molecule has 2 N–H and O–H groups in total. The summed E-state index contributed by atoms with van der Waals surface area (Å²) < 4.78 is 44.6. The lowest BCUT2D eigenvalue weighted by atomic mass is 9.87. The van der Waals surface area contributed by atoms with Crippen LogP contribution in [-0.4, -0.2) is 54.6 Å². The number of fused-ring (bicyclic) bond motifs is 1. The van der Waals surface area contributed by atoms with E-state index in [1.54, 1.807) is 45.0 Å². The van der Waals surface area contributed by atoms with Crippen LogP contribution in [0.3, 0.4) is 0 Å². The monoisotopic (exact) mass is 638 g/mol. The minimum absolute atomic E-state index is 0.0250. The number of carbonyl (C=O) groups excluding carboxylic acids is 2. The summed E-state index contributed by atoms with van der Waals surface area (Å²) in [5, 5.41) is 12.6. The number of benzene rings is 3. The molecule has 3 aromatic carbocycles. The number of sulfonamides is 1. The zero-order valence-corrected chi connectivity index (χ0v) is 27.2. The van der Waals surface area contributed by atoms with Gasteiger partial charge in [0.25, 0.3) is 0 Å². The van der Waals surface area contributed by atoms with E-state index in [-0.39, 0.29) is 40.3 Å². The van der Waals surface area contributed by atoms with Gasteiger partial charge < -0.3 is 19.3 Å². The molecule has 1 aliphatic rings. The molecule has 0 fully saturated rings. The van der Waals surface area contributed by atoms with Gasteiger partial charge in [-0.3, -0.25) is 10.1 Å². The molecule has 240 valence electrons. The van der Waals surface area contributed by atoms with Crippen molar-refractivity contribution in [2.75, 3.05) is 12.4 Å². The van der Waals surface area contributed by atoms with Crippen molar-refractivity contribution in [2.24, 2.45) is 0 Å². The molecule has 0 saturated carbocycles. The van der Waals surface area contributed by atoms with Gasteiger partial charge in [-0.25, -0.2) is 18.0 Å². The van der Waals surface area contributed by atoms with Crippen LogP contribution in [0.15, 0.2) is 65.6 Å². The Bertz CT molecular complexity index is 1700. The fraction of sp³-hybridized carbons (Fsp3) is 0.364. The first-order chi connectivity index (χ1) is 20.9. The smallest absolute Gasteiger partial charge is 0.412 e. The number of ether oxygens (including phenoxy) is 3. The maximum atomic E-state index is 13.7. The molecule has 1 heterocycles. The number of carbonyl (C=O) groups is 3. The van der Waals surface area contributed by atoms with Crippen molar-refractivity contribution in [3.05, 3.63) is 82.9 Å². The van der Waals surface area contributed by atoms with Crippen LogP contribution in [0.5, 0.6) is 11.5 Å². The summed E-state index contributed by atoms with van der Waals surface area (Å²) in [4.78, 5) is 37.5. The van der Waals surface area contributed by atoms with E-state index in [0.717, 1.165) is 9.87 Å². The molecule has 1 amide bonds. The third kappa shape index (κ3) is 7.81. The Morgan fingerprint density at radius 1 is 0.911 bits per heavy atom. The van der Waals surface area contributed by atoms with Crippen molar-refractivity contribution in [3.63, 3.8) is 0 Å². The number of hydrogen-bond acceptors (Lipinski definition) is 8. The van der Waals surface area contributed by atoms with Gasteiger partial charge in [-0.1, -0.05) is 32.9 Å². The number of rotatable bonds is 7. The van der Waals surface area contributed by atoms with E-state index < -0.39 is 39.7 Å². The molecule has 12 heteroatoms. The molecule has 45 heavy (non-hydrogen) atoms. The molecule has 11 nitrogen and oxygen atoms in total. The van der Waals surface area contributed by atoms with Crippen LogP contribution in [0.1, 0.15) is 68.6 Å². The lowest BCUT2D eigenvalue weighted by Gasteiger charge is -2.34. The SMILES string of the molecule is COc1cc2c(cc1C(=O)Oc1ccc(NC(=O)OC(C)(C)C)cc1)CN(S(=O)(=O)c1ccc(C(C)(C)C)cc1)C(C(=O)O)C2. The number of nitrogens with one attached hydrogen (secondary N) is 1. The van der Waals surface area contributed by atoms with Gasteiger partial charge in [0.05, 0.1) is 12.0 Å². The Balaban J connectivity index is 1.59. The van der Waals surface area contributed by atoms with Crippen LogP contribution in [0.2, 0.25) is 0 Å². The summed E-state index contributed by atoms with van der Waals surface area (Å²) in [7, 11) is -2.85. The highest BCUT2D eigenvalue weighted by atomic mass is 32.2. The summed E-state index contributed by atoms with van der Waals surface area (Å²) in [6, 6.07) is 14.1. The van der Waals surface area contributed by atoms with Crippen molar-refractivity contribution in [3.8, 4) is 11.5 Å². The molecule has 1 atom stereocenters.